The Balaban J connectivity index is 2.28. The second-order valence-corrected chi connectivity index (χ2v) is 4.51. The van der Waals surface area contributed by atoms with E-state index in [1.807, 2.05) is 11.9 Å². The van der Waals surface area contributed by atoms with Crippen molar-refractivity contribution in [1.29, 1.82) is 0 Å². The van der Waals surface area contributed by atoms with Crippen LogP contribution in [0.4, 0.5) is 17.1 Å². The van der Waals surface area contributed by atoms with E-state index in [9.17, 15) is 14.9 Å². The smallest absolute Gasteiger partial charge is 0.294 e. The molecule has 1 aliphatic heterocycles. The first-order valence-corrected chi connectivity index (χ1v) is 6.04. The van der Waals surface area contributed by atoms with Gasteiger partial charge in [-0.05, 0) is 19.2 Å². The topological polar surface area (TPSA) is 78.7 Å². The van der Waals surface area contributed by atoms with Crippen LogP contribution in [-0.4, -0.2) is 49.5 Å². The summed E-state index contributed by atoms with van der Waals surface area (Å²) < 4.78 is 0. The molecule has 0 aliphatic carbocycles. The van der Waals surface area contributed by atoms with Gasteiger partial charge in [0.1, 0.15) is 5.69 Å². The highest BCUT2D eigenvalue weighted by molar-refractivity contribution is 5.76. The first-order valence-electron chi connectivity index (χ1n) is 6.04. The zero-order valence-electron chi connectivity index (χ0n) is 10.7. The third kappa shape index (κ3) is 3.00. The number of likely N-dealkylation sites (N-methyl/N-ethyl adjacent to an activating group) is 1. The van der Waals surface area contributed by atoms with E-state index in [0.717, 1.165) is 26.2 Å². The van der Waals surface area contributed by atoms with Crippen molar-refractivity contribution in [3.63, 3.8) is 0 Å². The van der Waals surface area contributed by atoms with Crippen LogP contribution in [0.5, 0.6) is 0 Å². The highest BCUT2D eigenvalue weighted by atomic mass is 16.6. The molecule has 7 heteroatoms. The lowest BCUT2D eigenvalue weighted by Gasteiger charge is -2.33. The molecule has 2 rings (SSSR count). The third-order valence-corrected chi connectivity index (χ3v) is 3.24. The van der Waals surface area contributed by atoms with Crippen molar-refractivity contribution < 1.29 is 9.72 Å². The SMILES string of the molecule is CN1CCN(c2ccc(NC=O)cc2[N+](=O)[O-])CC1. The number of hydrogen-bond acceptors (Lipinski definition) is 5. The number of nitrogens with zero attached hydrogens (tertiary/aromatic N) is 3. The summed E-state index contributed by atoms with van der Waals surface area (Å²) in [4.78, 5) is 25.3. The summed E-state index contributed by atoms with van der Waals surface area (Å²) >= 11 is 0. The lowest BCUT2D eigenvalue weighted by molar-refractivity contribution is -0.384. The zero-order valence-corrected chi connectivity index (χ0v) is 10.7. The Morgan fingerprint density at radius 2 is 2.00 bits per heavy atom. The number of piperazine rings is 1. The average Bonchev–Trinajstić information content (AvgIpc) is 2.40. The predicted octanol–water partition coefficient (Wildman–Crippen LogP) is 0.915. The van der Waals surface area contributed by atoms with E-state index in [1.54, 1.807) is 12.1 Å². The molecule has 1 aromatic rings. The molecule has 1 aliphatic rings. The minimum Gasteiger partial charge on any atom is -0.363 e. The number of hydrogen-bond donors (Lipinski definition) is 1. The lowest BCUT2D eigenvalue weighted by atomic mass is 10.2. The van der Waals surface area contributed by atoms with Crippen LogP contribution < -0.4 is 10.2 Å². The molecule has 1 aromatic carbocycles. The summed E-state index contributed by atoms with van der Waals surface area (Å²) in [7, 11) is 2.03. The minimum absolute atomic E-state index is 0.0244. The van der Waals surface area contributed by atoms with E-state index in [4.69, 9.17) is 0 Å². The van der Waals surface area contributed by atoms with Gasteiger partial charge in [0.25, 0.3) is 5.69 Å². The molecule has 1 saturated heterocycles. The number of rotatable bonds is 4. The fourth-order valence-corrected chi connectivity index (χ4v) is 2.14. The van der Waals surface area contributed by atoms with Crippen molar-refractivity contribution >= 4 is 23.5 Å². The molecular weight excluding hydrogens is 248 g/mol. The Kier molecular flexibility index (Phi) is 3.96. The summed E-state index contributed by atoms with van der Waals surface area (Å²) in [6.07, 6.45) is 0.509. The largest absolute Gasteiger partial charge is 0.363 e. The van der Waals surface area contributed by atoms with Crippen LogP contribution >= 0.6 is 0 Å². The monoisotopic (exact) mass is 264 g/mol. The number of amides is 1. The molecule has 0 bridgehead atoms. The highest BCUT2D eigenvalue weighted by Gasteiger charge is 2.22. The van der Waals surface area contributed by atoms with Crippen molar-refractivity contribution in [2.75, 3.05) is 43.4 Å². The van der Waals surface area contributed by atoms with E-state index in [1.165, 1.54) is 6.07 Å². The van der Waals surface area contributed by atoms with Gasteiger partial charge in [-0.3, -0.25) is 14.9 Å². The summed E-state index contributed by atoms with van der Waals surface area (Å²) in [5.74, 6) is 0. The number of carbonyl (C=O) groups excluding carboxylic acids is 1. The average molecular weight is 264 g/mol. The van der Waals surface area contributed by atoms with Gasteiger partial charge < -0.3 is 15.1 Å². The van der Waals surface area contributed by atoms with Crippen molar-refractivity contribution in [3.8, 4) is 0 Å². The predicted molar refractivity (Wildman–Crippen MR) is 72.5 cm³/mol. The number of carbonyl (C=O) groups is 1. The Morgan fingerprint density at radius 1 is 1.32 bits per heavy atom. The lowest BCUT2D eigenvalue weighted by Crippen LogP contribution is -2.44. The van der Waals surface area contributed by atoms with Gasteiger partial charge in [-0.15, -0.1) is 0 Å². The third-order valence-electron chi connectivity index (χ3n) is 3.24. The van der Waals surface area contributed by atoms with E-state index in [-0.39, 0.29) is 5.69 Å². The van der Waals surface area contributed by atoms with Crippen molar-refractivity contribution in [2.45, 2.75) is 0 Å². The Labute approximate surface area is 110 Å². The zero-order chi connectivity index (χ0) is 13.8. The summed E-state index contributed by atoms with van der Waals surface area (Å²) in [5, 5.41) is 13.6. The second kappa shape index (κ2) is 5.66. The number of benzene rings is 1. The molecule has 0 unspecified atom stereocenters. The maximum absolute atomic E-state index is 11.1. The molecule has 1 fully saturated rings. The van der Waals surface area contributed by atoms with Crippen LogP contribution in [0.15, 0.2) is 18.2 Å². The molecule has 0 saturated carbocycles. The summed E-state index contributed by atoms with van der Waals surface area (Å²) in [6, 6.07) is 4.76. The second-order valence-electron chi connectivity index (χ2n) is 4.51. The maximum atomic E-state index is 11.1. The fraction of sp³-hybridized carbons (Fsp3) is 0.417. The fourth-order valence-electron chi connectivity index (χ4n) is 2.14. The van der Waals surface area contributed by atoms with E-state index in [2.05, 4.69) is 10.2 Å². The van der Waals surface area contributed by atoms with Crippen molar-refractivity contribution in [3.05, 3.63) is 28.3 Å². The Morgan fingerprint density at radius 3 is 2.58 bits per heavy atom. The molecule has 0 aromatic heterocycles. The molecule has 1 heterocycles. The number of nitro groups is 1. The Hall–Kier alpha value is -2.15. The van der Waals surface area contributed by atoms with Gasteiger partial charge in [0.05, 0.1) is 4.92 Å². The van der Waals surface area contributed by atoms with Crippen molar-refractivity contribution in [2.24, 2.45) is 0 Å². The molecule has 19 heavy (non-hydrogen) atoms. The van der Waals surface area contributed by atoms with E-state index < -0.39 is 4.92 Å². The van der Waals surface area contributed by atoms with Crippen LogP contribution in [0, 0.1) is 10.1 Å². The van der Waals surface area contributed by atoms with Crippen LogP contribution in [0.25, 0.3) is 0 Å². The number of anilines is 2. The van der Waals surface area contributed by atoms with Crippen LogP contribution in [0.1, 0.15) is 0 Å². The quantitative estimate of drug-likeness (QED) is 0.497. The van der Waals surface area contributed by atoms with Crippen LogP contribution in [-0.2, 0) is 4.79 Å². The molecule has 0 radical (unpaired) electrons. The first-order chi connectivity index (χ1) is 9.11. The summed E-state index contributed by atoms with van der Waals surface area (Å²) in [6.45, 7) is 3.28. The highest BCUT2D eigenvalue weighted by Crippen LogP contribution is 2.31. The number of nitrogens with one attached hydrogen (secondary N) is 1. The van der Waals surface area contributed by atoms with Gasteiger partial charge in [0.15, 0.2) is 0 Å². The van der Waals surface area contributed by atoms with Gasteiger partial charge in [0.2, 0.25) is 6.41 Å². The number of nitro benzene ring substituents is 1. The molecule has 0 spiro atoms. The molecule has 7 nitrogen and oxygen atoms in total. The van der Waals surface area contributed by atoms with Crippen LogP contribution in [0.3, 0.4) is 0 Å². The molecule has 102 valence electrons. The van der Waals surface area contributed by atoms with Gasteiger partial charge in [-0.2, -0.15) is 0 Å². The van der Waals surface area contributed by atoms with Gasteiger partial charge in [-0.25, -0.2) is 0 Å². The van der Waals surface area contributed by atoms with Crippen LogP contribution in [0.2, 0.25) is 0 Å². The first kappa shape index (κ1) is 13.3. The molecule has 0 atom stereocenters. The van der Waals surface area contributed by atoms with Crippen molar-refractivity contribution in [1.82, 2.24) is 4.90 Å². The Bertz CT molecular complexity index is 484. The van der Waals surface area contributed by atoms with E-state index >= 15 is 0 Å². The maximum Gasteiger partial charge on any atom is 0.294 e. The summed E-state index contributed by atoms with van der Waals surface area (Å²) in [5.41, 5.74) is 1.06. The normalized spacial score (nSPS) is 16.2. The molecule has 1 amide bonds. The standard InChI is InChI=1S/C12H16N4O3/c1-14-4-6-15(7-5-14)11-3-2-10(13-9-17)8-12(11)16(18)19/h2-3,8-9H,4-7H2,1H3,(H,13,17). The molecule has 1 N–H and O–H groups in total. The van der Waals surface area contributed by atoms with Gasteiger partial charge >= 0.3 is 0 Å². The van der Waals surface area contributed by atoms with Gasteiger partial charge in [0, 0.05) is 37.9 Å². The van der Waals surface area contributed by atoms with E-state index in [0.29, 0.717) is 17.8 Å². The molecular formula is C12H16N4O3. The minimum atomic E-state index is -0.413. The van der Waals surface area contributed by atoms with Gasteiger partial charge in [-0.1, -0.05) is 0 Å².